The molecule has 0 radical (unpaired) electrons. The van der Waals surface area contributed by atoms with Crippen LogP contribution in [0.5, 0.6) is 0 Å². The Hall–Kier alpha value is -0.290. The predicted octanol–water partition coefficient (Wildman–Crippen LogP) is 0.806. The maximum atomic E-state index is 10.7. The molecule has 0 unspecified atom stereocenters. The van der Waals surface area contributed by atoms with Crippen LogP contribution in [0, 0.1) is 0 Å². The molecule has 0 heterocycles. The third-order valence-corrected chi connectivity index (χ3v) is 1.61. The summed E-state index contributed by atoms with van der Waals surface area (Å²) in [5.74, 6) is -1.05. The molecule has 0 atom stereocenters. The van der Waals surface area contributed by atoms with E-state index in [1.165, 1.54) is 24.3 Å². The molecule has 0 saturated carbocycles. The van der Waals surface area contributed by atoms with Crippen molar-refractivity contribution in [1.29, 1.82) is 0 Å². The number of carbonyl (C=O) groups is 2. The van der Waals surface area contributed by atoms with Crippen molar-refractivity contribution in [2.24, 2.45) is 0 Å². The Labute approximate surface area is 103 Å². The minimum absolute atomic E-state index is 0. The molecule has 0 aliphatic rings. The minimum atomic E-state index is -1.05. The number of aromatic carboxylic acids is 1. The first-order valence-corrected chi connectivity index (χ1v) is 3.62. The van der Waals surface area contributed by atoms with E-state index >= 15 is 0 Å². The van der Waals surface area contributed by atoms with Crippen molar-refractivity contribution in [2.75, 3.05) is 0 Å². The van der Waals surface area contributed by atoms with E-state index in [2.05, 4.69) is 12.6 Å². The molecule has 0 saturated heterocycles. The van der Waals surface area contributed by atoms with E-state index in [1.54, 1.807) is 0 Å². The normalized spacial score (nSPS) is 8.69. The van der Waals surface area contributed by atoms with E-state index in [-0.39, 0.29) is 35.1 Å². The van der Waals surface area contributed by atoms with Crippen molar-refractivity contribution < 1.29 is 14.7 Å². The number of benzene rings is 1. The van der Waals surface area contributed by atoms with E-state index in [4.69, 9.17) is 5.11 Å². The van der Waals surface area contributed by atoms with Crippen LogP contribution in [0.25, 0.3) is 0 Å². The molecular weight excluding hydrogens is 199 g/mol. The molecule has 1 N–H and O–H groups in total. The second kappa shape index (κ2) is 5.44. The quantitative estimate of drug-likeness (QED) is 0.556. The third kappa shape index (κ3) is 3.52. The molecule has 1 rings (SSSR count). The summed E-state index contributed by atoms with van der Waals surface area (Å²) >= 11 is 3.57. The fourth-order valence-electron chi connectivity index (χ4n) is 0.785. The summed E-state index contributed by atoms with van der Waals surface area (Å²) in [5.41, 5.74) is 0.383. The maximum absolute atomic E-state index is 10.7. The first kappa shape index (κ1) is 12.7. The van der Waals surface area contributed by atoms with Crippen LogP contribution in [-0.4, -0.2) is 45.7 Å². The average molecular weight is 206 g/mol. The van der Waals surface area contributed by atoms with Crippen molar-refractivity contribution in [1.82, 2.24) is 0 Å². The van der Waals surface area contributed by atoms with Gasteiger partial charge in [-0.1, -0.05) is 12.1 Å². The molecule has 0 aliphatic carbocycles. The van der Waals surface area contributed by atoms with Gasteiger partial charge in [0.05, 0.1) is 5.56 Å². The second-order valence-electron chi connectivity index (χ2n) is 2.19. The number of rotatable bonds is 2. The Balaban J connectivity index is 0.00000144. The molecule has 0 spiro atoms. The van der Waals surface area contributed by atoms with Crippen molar-refractivity contribution in [3.8, 4) is 0 Å². The summed E-state index contributed by atoms with van der Waals surface area (Å²) in [5, 5.41) is 8.12. The Morgan fingerprint density at radius 2 is 1.77 bits per heavy atom. The Bertz CT molecular complexity index is 309. The van der Waals surface area contributed by atoms with Gasteiger partial charge >= 0.3 is 35.5 Å². The third-order valence-electron chi connectivity index (χ3n) is 1.36. The van der Waals surface area contributed by atoms with Gasteiger partial charge in [-0.25, -0.2) is 4.79 Å². The summed E-state index contributed by atoms with van der Waals surface area (Å²) in [7, 11) is 0. The van der Waals surface area contributed by atoms with Crippen LogP contribution in [0.3, 0.4) is 0 Å². The van der Waals surface area contributed by atoms with Gasteiger partial charge in [0.25, 0.3) is 0 Å². The first-order valence-electron chi connectivity index (χ1n) is 3.18. The fourth-order valence-corrected chi connectivity index (χ4v) is 0.924. The molecule has 13 heavy (non-hydrogen) atoms. The van der Waals surface area contributed by atoms with E-state index in [9.17, 15) is 9.59 Å². The number of hydrogen-bond acceptors (Lipinski definition) is 2. The van der Waals surface area contributed by atoms with E-state index in [0.717, 1.165) is 0 Å². The van der Waals surface area contributed by atoms with Gasteiger partial charge in [-0.05, 0) is 12.1 Å². The van der Waals surface area contributed by atoms with Gasteiger partial charge in [0.15, 0.2) is 0 Å². The van der Waals surface area contributed by atoms with Crippen LogP contribution >= 0.6 is 12.6 Å². The zero-order valence-corrected chi connectivity index (χ0v) is 6.91. The molecule has 1 aromatic carbocycles. The van der Waals surface area contributed by atoms with Crippen LogP contribution in [0.4, 0.5) is 0 Å². The van der Waals surface area contributed by atoms with Gasteiger partial charge in [0, 0.05) is 5.56 Å². The Morgan fingerprint density at radius 3 is 2.23 bits per heavy atom. The van der Waals surface area contributed by atoms with Gasteiger partial charge in [-0.15, -0.1) is 12.6 Å². The summed E-state index contributed by atoms with van der Waals surface area (Å²) in [4.78, 5) is 21.1. The number of carboxylic acids is 1. The van der Waals surface area contributed by atoms with E-state index < -0.39 is 11.1 Å². The SMILES string of the molecule is O=C(O)c1cccc(C(=O)S)c1.[NaH]. The van der Waals surface area contributed by atoms with Crippen molar-refractivity contribution in [3.63, 3.8) is 0 Å². The summed E-state index contributed by atoms with van der Waals surface area (Å²) < 4.78 is 0. The van der Waals surface area contributed by atoms with Crippen LogP contribution in [0.15, 0.2) is 24.3 Å². The molecule has 0 aromatic heterocycles. The molecule has 1 aromatic rings. The van der Waals surface area contributed by atoms with E-state index in [0.29, 0.717) is 5.56 Å². The van der Waals surface area contributed by atoms with Gasteiger partial charge in [-0.2, -0.15) is 0 Å². The zero-order valence-electron chi connectivity index (χ0n) is 6.02. The van der Waals surface area contributed by atoms with Crippen LogP contribution in [0.2, 0.25) is 0 Å². The molecule has 0 fully saturated rings. The number of hydrogen-bond donors (Lipinski definition) is 2. The Morgan fingerprint density at radius 1 is 1.23 bits per heavy atom. The fraction of sp³-hybridized carbons (Fsp3) is 0. The molecule has 3 nitrogen and oxygen atoms in total. The predicted molar refractivity (Wildman–Crippen MR) is 53.9 cm³/mol. The van der Waals surface area contributed by atoms with Crippen molar-refractivity contribution >= 4 is 53.3 Å². The van der Waals surface area contributed by atoms with Crippen molar-refractivity contribution in [3.05, 3.63) is 35.4 Å². The Kier molecular flexibility index (Phi) is 5.32. The molecule has 0 bridgehead atoms. The van der Waals surface area contributed by atoms with Crippen LogP contribution in [-0.2, 0) is 0 Å². The van der Waals surface area contributed by atoms with Gasteiger partial charge in [0.2, 0.25) is 5.12 Å². The van der Waals surface area contributed by atoms with Crippen molar-refractivity contribution in [2.45, 2.75) is 0 Å². The zero-order chi connectivity index (χ0) is 9.14. The molecule has 0 aliphatic heterocycles. The molecular formula is C8H7NaO3S. The number of carbonyl (C=O) groups excluding carboxylic acids is 1. The topological polar surface area (TPSA) is 54.4 Å². The monoisotopic (exact) mass is 206 g/mol. The summed E-state index contributed by atoms with van der Waals surface area (Å²) in [6.07, 6.45) is 0. The van der Waals surface area contributed by atoms with Gasteiger partial charge in [-0.3, -0.25) is 4.79 Å². The molecule has 5 heteroatoms. The molecule has 64 valence electrons. The first-order chi connectivity index (χ1) is 5.61. The van der Waals surface area contributed by atoms with E-state index in [1.807, 2.05) is 0 Å². The average Bonchev–Trinajstić information content (AvgIpc) is 2.04. The molecule has 0 amide bonds. The standard InChI is InChI=1S/C8H6O3S.Na.H/c9-7(10)5-2-1-3-6(4-5)8(11)12;;/h1-4H,(H,9,10)(H,11,12);;. The van der Waals surface area contributed by atoms with Gasteiger partial charge < -0.3 is 5.11 Å². The summed E-state index contributed by atoms with van der Waals surface area (Å²) in [6, 6.07) is 5.73. The second-order valence-corrected chi connectivity index (χ2v) is 2.60. The van der Waals surface area contributed by atoms with Crippen LogP contribution < -0.4 is 0 Å². The number of thiol groups is 1. The van der Waals surface area contributed by atoms with Crippen LogP contribution in [0.1, 0.15) is 20.7 Å². The van der Waals surface area contributed by atoms with Gasteiger partial charge in [0.1, 0.15) is 0 Å². The number of carboxylic acid groups (broad SMARTS) is 1. The summed E-state index contributed by atoms with van der Waals surface area (Å²) in [6.45, 7) is 0.